The summed E-state index contributed by atoms with van der Waals surface area (Å²) in [7, 11) is -1.95. The molecule has 1 fully saturated rings. The molecule has 0 spiro atoms. The molecule has 168 valence electrons. The number of hydrogen-bond donors (Lipinski definition) is 0. The van der Waals surface area contributed by atoms with E-state index in [1.807, 2.05) is 12.1 Å². The Balaban J connectivity index is 1.48. The molecule has 1 aliphatic heterocycles. The molecule has 7 nitrogen and oxygen atoms in total. The standard InChI is InChI=1S/C23H30N2O5S/c1-18(2)19-4-10-22(11-5-19)31(27,28)25-15-13-24(14-16-25)23(26)12-17-30-21-8-6-20(29-3)7-9-21/h4-11,18H,12-17H2,1-3H3. The van der Waals surface area contributed by atoms with Crippen molar-refractivity contribution in [3.63, 3.8) is 0 Å². The molecule has 0 saturated carbocycles. The lowest BCUT2D eigenvalue weighted by atomic mass is 10.0. The van der Waals surface area contributed by atoms with Gasteiger partial charge in [-0.2, -0.15) is 4.31 Å². The van der Waals surface area contributed by atoms with Gasteiger partial charge in [0.15, 0.2) is 0 Å². The van der Waals surface area contributed by atoms with Crippen LogP contribution in [0.3, 0.4) is 0 Å². The minimum Gasteiger partial charge on any atom is -0.497 e. The maximum atomic E-state index is 12.9. The van der Waals surface area contributed by atoms with Gasteiger partial charge in [-0.1, -0.05) is 26.0 Å². The molecule has 1 amide bonds. The van der Waals surface area contributed by atoms with Crippen molar-refractivity contribution in [2.45, 2.75) is 31.1 Å². The van der Waals surface area contributed by atoms with Crippen molar-refractivity contribution in [1.29, 1.82) is 0 Å². The zero-order valence-corrected chi connectivity index (χ0v) is 19.1. The highest BCUT2D eigenvalue weighted by molar-refractivity contribution is 7.89. The molecule has 1 heterocycles. The molecule has 0 radical (unpaired) electrons. The summed E-state index contributed by atoms with van der Waals surface area (Å²) in [5, 5.41) is 0. The average Bonchev–Trinajstić information content (AvgIpc) is 2.79. The molecule has 0 N–H and O–H groups in total. The summed E-state index contributed by atoms with van der Waals surface area (Å²) in [4.78, 5) is 14.5. The molecule has 31 heavy (non-hydrogen) atoms. The zero-order valence-electron chi connectivity index (χ0n) is 18.3. The van der Waals surface area contributed by atoms with Gasteiger partial charge < -0.3 is 14.4 Å². The van der Waals surface area contributed by atoms with Crippen LogP contribution in [0.25, 0.3) is 0 Å². The van der Waals surface area contributed by atoms with Crippen LogP contribution in [-0.4, -0.2) is 63.4 Å². The molecule has 0 aromatic heterocycles. The van der Waals surface area contributed by atoms with E-state index in [4.69, 9.17) is 9.47 Å². The first-order chi connectivity index (χ1) is 14.8. The number of benzene rings is 2. The van der Waals surface area contributed by atoms with Gasteiger partial charge in [-0.15, -0.1) is 0 Å². The second kappa shape index (κ2) is 10.2. The lowest BCUT2D eigenvalue weighted by Gasteiger charge is -2.34. The number of rotatable bonds is 8. The van der Waals surface area contributed by atoms with Gasteiger partial charge >= 0.3 is 0 Å². The first-order valence-electron chi connectivity index (χ1n) is 10.5. The summed E-state index contributed by atoms with van der Waals surface area (Å²) in [5.74, 6) is 1.73. The van der Waals surface area contributed by atoms with Crippen LogP contribution in [0.4, 0.5) is 0 Å². The quantitative estimate of drug-likeness (QED) is 0.623. The number of piperazine rings is 1. The molecule has 8 heteroatoms. The van der Waals surface area contributed by atoms with Gasteiger partial charge in [-0.05, 0) is 47.9 Å². The molecule has 3 rings (SSSR count). The minimum atomic E-state index is -3.55. The van der Waals surface area contributed by atoms with Crippen LogP contribution in [0.15, 0.2) is 53.4 Å². The second-order valence-corrected chi connectivity index (χ2v) is 9.72. The molecule has 0 atom stereocenters. The van der Waals surface area contributed by atoms with Gasteiger partial charge in [-0.25, -0.2) is 8.42 Å². The molecule has 1 aliphatic rings. The normalized spacial score (nSPS) is 15.2. The summed E-state index contributed by atoms with van der Waals surface area (Å²) in [5.41, 5.74) is 1.10. The highest BCUT2D eigenvalue weighted by atomic mass is 32.2. The van der Waals surface area contributed by atoms with E-state index in [0.717, 1.165) is 11.3 Å². The van der Waals surface area contributed by atoms with Crippen molar-refractivity contribution < 1.29 is 22.7 Å². The third kappa shape index (κ3) is 5.77. The van der Waals surface area contributed by atoms with Crippen molar-refractivity contribution in [3.8, 4) is 11.5 Å². The van der Waals surface area contributed by atoms with E-state index < -0.39 is 10.0 Å². The van der Waals surface area contributed by atoms with Crippen LogP contribution in [0.2, 0.25) is 0 Å². The van der Waals surface area contributed by atoms with Crippen molar-refractivity contribution in [2.24, 2.45) is 0 Å². The van der Waals surface area contributed by atoms with Crippen molar-refractivity contribution in [3.05, 3.63) is 54.1 Å². The molecule has 0 unspecified atom stereocenters. The van der Waals surface area contributed by atoms with Gasteiger partial charge in [0.25, 0.3) is 0 Å². The van der Waals surface area contributed by atoms with Crippen LogP contribution >= 0.6 is 0 Å². The highest BCUT2D eigenvalue weighted by Gasteiger charge is 2.30. The number of methoxy groups -OCH3 is 1. The van der Waals surface area contributed by atoms with Crippen molar-refractivity contribution >= 4 is 15.9 Å². The van der Waals surface area contributed by atoms with E-state index in [9.17, 15) is 13.2 Å². The van der Waals surface area contributed by atoms with Crippen LogP contribution in [0.5, 0.6) is 11.5 Å². The van der Waals surface area contributed by atoms with Gasteiger partial charge in [0, 0.05) is 26.2 Å². The zero-order chi connectivity index (χ0) is 22.4. The van der Waals surface area contributed by atoms with Gasteiger partial charge in [0.05, 0.1) is 25.0 Å². The third-order valence-electron chi connectivity index (χ3n) is 5.42. The van der Waals surface area contributed by atoms with E-state index in [2.05, 4.69) is 13.8 Å². The Morgan fingerprint density at radius 3 is 2.06 bits per heavy atom. The average molecular weight is 447 g/mol. The topological polar surface area (TPSA) is 76.2 Å². The third-order valence-corrected chi connectivity index (χ3v) is 7.33. The monoisotopic (exact) mass is 446 g/mol. The molecule has 2 aromatic rings. The Morgan fingerprint density at radius 2 is 1.52 bits per heavy atom. The fourth-order valence-electron chi connectivity index (χ4n) is 3.44. The molecule has 0 bridgehead atoms. The Morgan fingerprint density at radius 1 is 0.935 bits per heavy atom. The van der Waals surface area contributed by atoms with Gasteiger partial charge in [0.2, 0.25) is 15.9 Å². The number of nitrogens with zero attached hydrogens (tertiary/aromatic N) is 2. The fourth-order valence-corrected chi connectivity index (χ4v) is 4.86. The van der Waals surface area contributed by atoms with E-state index in [-0.39, 0.29) is 18.9 Å². The summed E-state index contributed by atoms with van der Waals surface area (Å²) < 4.78 is 38.0. The maximum absolute atomic E-state index is 12.9. The second-order valence-electron chi connectivity index (χ2n) is 7.78. The Labute approximate surface area is 184 Å². The number of sulfonamides is 1. The van der Waals surface area contributed by atoms with Crippen molar-refractivity contribution in [1.82, 2.24) is 9.21 Å². The molecular formula is C23H30N2O5S. The first-order valence-corrected chi connectivity index (χ1v) is 11.9. The smallest absolute Gasteiger partial charge is 0.243 e. The summed E-state index contributed by atoms with van der Waals surface area (Å²) >= 11 is 0. The van der Waals surface area contributed by atoms with E-state index in [0.29, 0.717) is 42.7 Å². The predicted octanol–water partition coefficient (Wildman–Crippen LogP) is 3.12. The number of carbonyl (C=O) groups excluding carboxylic acids is 1. The molecule has 2 aromatic carbocycles. The van der Waals surface area contributed by atoms with Gasteiger partial charge in [0.1, 0.15) is 11.5 Å². The molecule has 1 saturated heterocycles. The molecular weight excluding hydrogens is 416 g/mol. The Kier molecular flexibility index (Phi) is 7.56. The SMILES string of the molecule is COc1ccc(OCCC(=O)N2CCN(S(=O)(=O)c3ccc(C(C)C)cc3)CC2)cc1. The number of ether oxygens (including phenoxy) is 2. The number of amides is 1. The summed E-state index contributed by atoms with van der Waals surface area (Å²) in [6, 6.07) is 14.2. The lowest BCUT2D eigenvalue weighted by Crippen LogP contribution is -2.50. The Bertz CT molecular complexity index is 964. The van der Waals surface area contributed by atoms with Crippen molar-refractivity contribution in [2.75, 3.05) is 39.9 Å². The van der Waals surface area contributed by atoms with Crippen LogP contribution in [0.1, 0.15) is 31.7 Å². The summed E-state index contributed by atoms with van der Waals surface area (Å²) in [6.07, 6.45) is 0.245. The van der Waals surface area contributed by atoms with Crippen LogP contribution in [0, 0.1) is 0 Å². The van der Waals surface area contributed by atoms with E-state index >= 15 is 0 Å². The van der Waals surface area contributed by atoms with Crippen LogP contribution in [-0.2, 0) is 14.8 Å². The minimum absolute atomic E-state index is 0.0353. The predicted molar refractivity (Wildman–Crippen MR) is 119 cm³/mol. The van der Waals surface area contributed by atoms with Gasteiger partial charge in [-0.3, -0.25) is 4.79 Å². The maximum Gasteiger partial charge on any atom is 0.243 e. The fraction of sp³-hybridized carbons (Fsp3) is 0.435. The summed E-state index contributed by atoms with van der Waals surface area (Å²) in [6.45, 7) is 5.75. The highest BCUT2D eigenvalue weighted by Crippen LogP contribution is 2.22. The first kappa shape index (κ1) is 23.1. The lowest BCUT2D eigenvalue weighted by molar-refractivity contribution is -0.132. The number of hydrogen-bond acceptors (Lipinski definition) is 5. The Hall–Kier alpha value is -2.58. The molecule has 0 aliphatic carbocycles. The largest absolute Gasteiger partial charge is 0.497 e. The number of carbonyl (C=O) groups is 1. The van der Waals surface area contributed by atoms with E-state index in [1.165, 1.54) is 4.31 Å². The van der Waals surface area contributed by atoms with E-state index in [1.54, 1.807) is 48.4 Å². The van der Waals surface area contributed by atoms with Crippen LogP contribution < -0.4 is 9.47 Å².